The molecule has 0 bridgehead atoms. The topological polar surface area (TPSA) is 58.6 Å². The van der Waals surface area contributed by atoms with Crippen molar-refractivity contribution < 1.29 is 14.6 Å². The van der Waals surface area contributed by atoms with Crippen LogP contribution in [-0.2, 0) is 15.1 Å². The van der Waals surface area contributed by atoms with E-state index in [1.807, 2.05) is 30.3 Å². The van der Waals surface area contributed by atoms with Gasteiger partial charge in [-0.1, -0.05) is 30.3 Å². The molecule has 1 aromatic rings. The molecule has 0 amide bonds. The van der Waals surface area contributed by atoms with E-state index in [1.165, 1.54) is 0 Å². The van der Waals surface area contributed by atoms with Gasteiger partial charge >= 0.3 is 5.97 Å². The Morgan fingerprint density at radius 3 is 2.55 bits per heavy atom. The monoisotopic (exact) mass is 293 g/mol. The van der Waals surface area contributed by atoms with E-state index in [9.17, 15) is 9.90 Å². The number of ether oxygens (including phenoxy) is 1. The molecule has 2 N–H and O–H groups in total. The highest BCUT2D eigenvalue weighted by atomic mass is 32.2. The minimum Gasteiger partial charge on any atom is -0.480 e. The van der Waals surface area contributed by atoms with Crippen LogP contribution in [0.25, 0.3) is 0 Å². The van der Waals surface area contributed by atoms with Crippen LogP contribution in [0.3, 0.4) is 0 Å². The first-order valence-corrected chi connectivity index (χ1v) is 8.01. The van der Waals surface area contributed by atoms with Gasteiger partial charge < -0.3 is 9.84 Å². The largest absolute Gasteiger partial charge is 0.480 e. The average molecular weight is 293 g/mol. The second-order valence-corrected chi connectivity index (χ2v) is 6.75. The van der Waals surface area contributed by atoms with Crippen LogP contribution in [0.4, 0.5) is 0 Å². The van der Waals surface area contributed by atoms with Gasteiger partial charge in [-0.05, 0) is 18.4 Å². The third-order valence-corrected chi connectivity index (χ3v) is 5.15. The highest BCUT2D eigenvalue weighted by Crippen LogP contribution is 2.34. The lowest BCUT2D eigenvalue weighted by molar-refractivity contribution is -0.144. The van der Waals surface area contributed by atoms with Gasteiger partial charge in [0, 0.05) is 11.8 Å². The van der Waals surface area contributed by atoms with E-state index in [-0.39, 0.29) is 0 Å². The zero-order valence-electron chi connectivity index (χ0n) is 11.2. The summed E-state index contributed by atoms with van der Waals surface area (Å²) in [5.74, 6) is -0.250. The summed E-state index contributed by atoms with van der Waals surface area (Å²) in [7, 11) is 0. The molecule has 20 heavy (non-hydrogen) atoms. The standard InChI is InChI=1S/C15H19NO3S/c17-14(18)15(16-12-6-7-12,10-20-13-8-19-9-13)11-4-2-1-3-5-11/h1-5,12-13,16H,6-10H2,(H,17,18). The minimum absolute atomic E-state index is 0.338. The van der Waals surface area contributed by atoms with Gasteiger partial charge in [-0.2, -0.15) is 11.8 Å². The van der Waals surface area contributed by atoms with Crippen molar-refractivity contribution in [2.24, 2.45) is 0 Å². The zero-order chi connectivity index (χ0) is 14.0. The number of hydrogen-bond acceptors (Lipinski definition) is 4. The van der Waals surface area contributed by atoms with Crippen molar-refractivity contribution in [3.63, 3.8) is 0 Å². The number of carbonyl (C=O) groups is 1. The molecule has 2 fully saturated rings. The molecule has 0 radical (unpaired) electrons. The van der Waals surface area contributed by atoms with Crippen molar-refractivity contribution in [3.05, 3.63) is 35.9 Å². The molecule has 108 valence electrons. The Morgan fingerprint density at radius 1 is 1.35 bits per heavy atom. The molecular formula is C15H19NO3S. The van der Waals surface area contributed by atoms with E-state index >= 15 is 0 Å². The maximum Gasteiger partial charge on any atom is 0.329 e. The number of hydrogen-bond donors (Lipinski definition) is 2. The van der Waals surface area contributed by atoms with Crippen LogP contribution < -0.4 is 5.32 Å². The molecule has 0 aromatic heterocycles. The van der Waals surface area contributed by atoms with E-state index in [0.29, 0.717) is 17.0 Å². The number of nitrogens with one attached hydrogen (secondary N) is 1. The maximum absolute atomic E-state index is 12.0. The minimum atomic E-state index is -0.983. The van der Waals surface area contributed by atoms with Gasteiger partial charge in [-0.25, -0.2) is 4.79 Å². The maximum atomic E-state index is 12.0. The molecule has 1 saturated carbocycles. The number of carboxylic acids is 1. The van der Waals surface area contributed by atoms with Crippen molar-refractivity contribution in [1.29, 1.82) is 0 Å². The molecule has 1 heterocycles. The van der Waals surface area contributed by atoms with E-state index in [4.69, 9.17) is 4.74 Å². The lowest BCUT2D eigenvalue weighted by atomic mass is 9.91. The smallest absolute Gasteiger partial charge is 0.329 e. The third kappa shape index (κ3) is 2.85. The second-order valence-electron chi connectivity index (χ2n) is 5.47. The molecule has 1 aliphatic heterocycles. The fourth-order valence-corrected chi connectivity index (χ4v) is 3.55. The number of thioether (sulfide) groups is 1. The van der Waals surface area contributed by atoms with Crippen molar-refractivity contribution in [1.82, 2.24) is 5.32 Å². The van der Waals surface area contributed by atoms with Crippen molar-refractivity contribution in [2.75, 3.05) is 19.0 Å². The molecule has 1 aromatic carbocycles. The number of carboxylic acid groups (broad SMARTS) is 1. The average Bonchev–Trinajstić information content (AvgIpc) is 3.20. The van der Waals surface area contributed by atoms with Crippen molar-refractivity contribution in [2.45, 2.75) is 29.7 Å². The number of aliphatic carboxylic acids is 1. The van der Waals surface area contributed by atoms with Crippen molar-refractivity contribution in [3.8, 4) is 0 Å². The van der Waals surface area contributed by atoms with Gasteiger partial charge in [0.15, 0.2) is 5.54 Å². The molecule has 0 spiro atoms. The van der Waals surface area contributed by atoms with Crippen LogP contribution in [0.5, 0.6) is 0 Å². The number of rotatable bonds is 7. The Hall–Kier alpha value is -1.04. The highest BCUT2D eigenvalue weighted by Gasteiger charge is 2.44. The van der Waals surface area contributed by atoms with Crippen LogP contribution in [0.2, 0.25) is 0 Å². The Balaban J connectivity index is 1.83. The van der Waals surface area contributed by atoms with Gasteiger partial charge in [0.05, 0.1) is 18.5 Å². The summed E-state index contributed by atoms with van der Waals surface area (Å²) in [4.78, 5) is 12.0. The van der Waals surface area contributed by atoms with Crippen LogP contribution in [0.15, 0.2) is 30.3 Å². The molecular weight excluding hydrogens is 274 g/mol. The van der Waals surface area contributed by atoms with E-state index < -0.39 is 11.5 Å². The molecule has 1 aliphatic carbocycles. The molecule has 5 heteroatoms. The first-order valence-electron chi connectivity index (χ1n) is 6.97. The highest BCUT2D eigenvalue weighted by molar-refractivity contribution is 8.00. The normalized spacial score (nSPS) is 22.0. The van der Waals surface area contributed by atoms with Gasteiger partial charge in [-0.3, -0.25) is 5.32 Å². The van der Waals surface area contributed by atoms with Crippen LogP contribution in [0, 0.1) is 0 Å². The number of benzene rings is 1. The Morgan fingerprint density at radius 2 is 2.05 bits per heavy atom. The molecule has 1 atom stereocenters. The van der Waals surface area contributed by atoms with Gasteiger partial charge in [0.1, 0.15) is 0 Å². The summed E-state index contributed by atoms with van der Waals surface area (Å²) in [6, 6.07) is 9.87. The molecule has 1 saturated heterocycles. The molecule has 1 unspecified atom stereocenters. The zero-order valence-corrected chi connectivity index (χ0v) is 12.1. The Bertz CT molecular complexity index is 473. The first kappa shape index (κ1) is 13.9. The summed E-state index contributed by atoms with van der Waals surface area (Å²) >= 11 is 1.69. The quantitative estimate of drug-likeness (QED) is 0.803. The summed E-state index contributed by atoms with van der Waals surface area (Å²) in [6.07, 6.45) is 2.14. The molecule has 3 rings (SSSR count). The Kier molecular flexibility index (Phi) is 4.01. The lowest BCUT2D eigenvalue weighted by Crippen LogP contribution is -2.53. The summed E-state index contributed by atoms with van der Waals surface area (Å²) in [6.45, 7) is 1.47. The predicted octanol–water partition coefficient (Wildman–Crippen LogP) is 1.85. The van der Waals surface area contributed by atoms with Crippen LogP contribution in [-0.4, -0.2) is 41.3 Å². The summed E-state index contributed by atoms with van der Waals surface area (Å²) < 4.78 is 5.17. The molecule has 2 aliphatic rings. The van der Waals surface area contributed by atoms with Crippen LogP contribution >= 0.6 is 11.8 Å². The van der Waals surface area contributed by atoms with Crippen molar-refractivity contribution >= 4 is 17.7 Å². The second kappa shape index (κ2) is 5.76. The Labute approximate surface area is 122 Å². The van der Waals surface area contributed by atoms with Gasteiger partial charge in [0.2, 0.25) is 0 Å². The third-order valence-electron chi connectivity index (χ3n) is 3.80. The van der Waals surface area contributed by atoms with Crippen LogP contribution in [0.1, 0.15) is 18.4 Å². The fraction of sp³-hybridized carbons (Fsp3) is 0.533. The summed E-state index contributed by atoms with van der Waals surface area (Å²) in [5, 5.41) is 13.6. The molecule has 4 nitrogen and oxygen atoms in total. The van der Waals surface area contributed by atoms with E-state index in [0.717, 1.165) is 31.6 Å². The van der Waals surface area contributed by atoms with E-state index in [2.05, 4.69) is 5.32 Å². The lowest BCUT2D eigenvalue weighted by Gasteiger charge is -2.34. The first-order chi connectivity index (χ1) is 9.71. The predicted molar refractivity (Wildman–Crippen MR) is 79.0 cm³/mol. The van der Waals surface area contributed by atoms with Gasteiger partial charge in [0.25, 0.3) is 0 Å². The summed E-state index contributed by atoms with van der Waals surface area (Å²) in [5.41, 5.74) is -0.144. The fourth-order valence-electron chi connectivity index (χ4n) is 2.31. The SMILES string of the molecule is O=C(O)C(CSC1COC1)(NC1CC1)c1ccccc1. The van der Waals surface area contributed by atoms with E-state index in [1.54, 1.807) is 11.8 Å². The van der Waals surface area contributed by atoms with Gasteiger partial charge in [-0.15, -0.1) is 0 Å².